The lowest BCUT2D eigenvalue weighted by atomic mass is 10.1. The van der Waals surface area contributed by atoms with Gasteiger partial charge >= 0.3 is 6.18 Å². The quantitative estimate of drug-likeness (QED) is 0.833. The molecule has 0 aromatic carbocycles. The first-order valence-corrected chi connectivity index (χ1v) is 7.88. The Hall–Kier alpha value is -2.48. The van der Waals surface area contributed by atoms with E-state index < -0.39 is 11.9 Å². The highest BCUT2D eigenvalue weighted by Gasteiger charge is 2.33. The molecule has 0 fully saturated rings. The van der Waals surface area contributed by atoms with Gasteiger partial charge < -0.3 is 10.1 Å². The number of halogens is 3. The van der Waals surface area contributed by atoms with Gasteiger partial charge in [0.05, 0.1) is 13.2 Å². The smallest absolute Gasteiger partial charge is 0.377 e. The van der Waals surface area contributed by atoms with Crippen LogP contribution in [0.15, 0.2) is 42.2 Å². The Bertz CT molecular complexity index is 747. The normalized spacial score (nSPS) is 14.9. The van der Waals surface area contributed by atoms with E-state index in [9.17, 15) is 13.2 Å². The zero-order valence-electron chi connectivity index (χ0n) is 13.4. The Balaban J connectivity index is 1.79. The van der Waals surface area contributed by atoms with Crippen molar-refractivity contribution in [3.63, 3.8) is 0 Å². The highest BCUT2D eigenvalue weighted by molar-refractivity contribution is 5.56. The van der Waals surface area contributed by atoms with E-state index in [0.717, 1.165) is 18.9 Å². The van der Waals surface area contributed by atoms with E-state index >= 15 is 0 Å². The summed E-state index contributed by atoms with van der Waals surface area (Å²) in [5.41, 5.74) is 0.689. The lowest BCUT2D eigenvalue weighted by Crippen LogP contribution is -2.13. The number of rotatable bonds is 5. The zero-order valence-corrected chi connectivity index (χ0v) is 13.4. The van der Waals surface area contributed by atoms with Crippen LogP contribution in [0.25, 0.3) is 11.4 Å². The molecule has 0 spiro atoms. The van der Waals surface area contributed by atoms with Crippen molar-refractivity contribution in [3.05, 3.63) is 47.9 Å². The molecule has 132 valence electrons. The fourth-order valence-electron chi connectivity index (χ4n) is 2.45. The van der Waals surface area contributed by atoms with Crippen LogP contribution in [0.3, 0.4) is 0 Å². The maximum atomic E-state index is 13.1. The van der Waals surface area contributed by atoms with Crippen LogP contribution in [0.4, 0.5) is 19.0 Å². The minimum atomic E-state index is -4.54. The fourth-order valence-corrected chi connectivity index (χ4v) is 2.45. The van der Waals surface area contributed by atoms with Gasteiger partial charge in [-0.2, -0.15) is 13.2 Å². The molecule has 0 unspecified atom stereocenters. The number of nitrogens with one attached hydrogen (secondary N) is 1. The average molecular weight is 350 g/mol. The molecular formula is C17H17F3N4O. The van der Waals surface area contributed by atoms with Crippen LogP contribution < -0.4 is 5.32 Å². The van der Waals surface area contributed by atoms with Crippen molar-refractivity contribution < 1.29 is 17.9 Å². The highest BCUT2D eigenvalue weighted by Crippen LogP contribution is 2.30. The molecule has 3 heterocycles. The fraction of sp³-hybridized carbons (Fsp3) is 0.353. The van der Waals surface area contributed by atoms with E-state index in [1.807, 2.05) is 6.08 Å². The van der Waals surface area contributed by atoms with E-state index in [1.165, 1.54) is 18.0 Å². The van der Waals surface area contributed by atoms with E-state index in [-0.39, 0.29) is 11.6 Å². The maximum Gasteiger partial charge on any atom is 0.433 e. The van der Waals surface area contributed by atoms with Crippen molar-refractivity contribution in [1.82, 2.24) is 15.0 Å². The van der Waals surface area contributed by atoms with Crippen LogP contribution in [0.5, 0.6) is 0 Å². The predicted octanol–water partition coefficient (Wildman–Crippen LogP) is 3.71. The monoisotopic (exact) mass is 350 g/mol. The molecule has 3 rings (SSSR count). The predicted molar refractivity (Wildman–Crippen MR) is 86.9 cm³/mol. The summed E-state index contributed by atoms with van der Waals surface area (Å²) in [5.74, 6) is 0.143. The maximum absolute atomic E-state index is 13.1. The number of ether oxygens (including phenoxy) is 1. The van der Waals surface area contributed by atoms with Gasteiger partial charge in [0, 0.05) is 30.6 Å². The molecule has 5 nitrogen and oxygen atoms in total. The molecule has 0 saturated carbocycles. The summed E-state index contributed by atoms with van der Waals surface area (Å²) < 4.78 is 44.6. The number of pyridine rings is 1. The van der Waals surface area contributed by atoms with E-state index in [2.05, 4.69) is 20.3 Å². The van der Waals surface area contributed by atoms with Gasteiger partial charge in [-0.1, -0.05) is 11.6 Å². The molecule has 0 amide bonds. The third-order valence-corrected chi connectivity index (χ3v) is 3.75. The van der Waals surface area contributed by atoms with Crippen molar-refractivity contribution >= 4 is 5.82 Å². The molecule has 1 N–H and O–H groups in total. The van der Waals surface area contributed by atoms with E-state index in [4.69, 9.17) is 4.74 Å². The molecule has 0 radical (unpaired) electrons. The van der Waals surface area contributed by atoms with Crippen molar-refractivity contribution in [2.45, 2.75) is 19.0 Å². The second kappa shape index (κ2) is 7.60. The molecule has 1 aliphatic heterocycles. The number of alkyl halides is 3. The zero-order chi connectivity index (χ0) is 17.7. The summed E-state index contributed by atoms with van der Waals surface area (Å²) >= 11 is 0. The minimum absolute atomic E-state index is 0.00398. The molecule has 0 aliphatic carbocycles. The lowest BCUT2D eigenvalue weighted by molar-refractivity contribution is -0.141. The van der Waals surface area contributed by atoms with Gasteiger partial charge in [-0.05, 0) is 25.0 Å². The van der Waals surface area contributed by atoms with Crippen LogP contribution in [-0.4, -0.2) is 34.7 Å². The SMILES string of the molecule is FC(F)(F)c1cc(NCCC2=CCOCC2)nc(-c2cccnc2)n1. The van der Waals surface area contributed by atoms with Crippen molar-refractivity contribution in [3.8, 4) is 11.4 Å². The van der Waals surface area contributed by atoms with Gasteiger partial charge in [-0.15, -0.1) is 0 Å². The summed E-state index contributed by atoms with van der Waals surface area (Å²) in [5, 5.41) is 2.96. The second-order valence-electron chi connectivity index (χ2n) is 5.57. The van der Waals surface area contributed by atoms with Crippen LogP contribution in [-0.2, 0) is 10.9 Å². The molecule has 0 bridgehead atoms. The van der Waals surface area contributed by atoms with E-state index in [1.54, 1.807) is 12.1 Å². The molecule has 25 heavy (non-hydrogen) atoms. The van der Waals surface area contributed by atoms with Gasteiger partial charge in [0.15, 0.2) is 11.5 Å². The number of aromatic nitrogens is 3. The minimum Gasteiger partial charge on any atom is -0.377 e. The summed E-state index contributed by atoms with van der Waals surface area (Å²) in [7, 11) is 0. The summed E-state index contributed by atoms with van der Waals surface area (Å²) in [4.78, 5) is 11.7. The molecular weight excluding hydrogens is 333 g/mol. The van der Waals surface area contributed by atoms with Crippen LogP contribution >= 0.6 is 0 Å². The Labute approximate surface area is 143 Å². The third-order valence-electron chi connectivity index (χ3n) is 3.75. The number of hydrogen-bond acceptors (Lipinski definition) is 5. The van der Waals surface area contributed by atoms with Crippen molar-refractivity contribution in [2.24, 2.45) is 0 Å². The molecule has 8 heteroatoms. The lowest BCUT2D eigenvalue weighted by Gasteiger charge is -2.15. The Morgan fingerprint density at radius 1 is 1.24 bits per heavy atom. The summed E-state index contributed by atoms with van der Waals surface area (Å²) in [6, 6.07) is 4.18. The van der Waals surface area contributed by atoms with Crippen LogP contribution in [0, 0.1) is 0 Å². The molecule has 2 aromatic heterocycles. The van der Waals surface area contributed by atoms with Gasteiger partial charge in [0.1, 0.15) is 5.82 Å². The van der Waals surface area contributed by atoms with Crippen molar-refractivity contribution in [1.29, 1.82) is 0 Å². The molecule has 0 atom stereocenters. The van der Waals surface area contributed by atoms with Gasteiger partial charge in [0.25, 0.3) is 0 Å². The molecule has 2 aromatic rings. The Kier molecular flexibility index (Phi) is 5.28. The highest BCUT2D eigenvalue weighted by atomic mass is 19.4. The molecule has 0 saturated heterocycles. The average Bonchev–Trinajstić information content (AvgIpc) is 2.62. The first-order valence-electron chi connectivity index (χ1n) is 7.88. The topological polar surface area (TPSA) is 59.9 Å². The van der Waals surface area contributed by atoms with Gasteiger partial charge in [0.2, 0.25) is 0 Å². The van der Waals surface area contributed by atoms with Crippen molar-refractivity contribution in [2.75, 3.05) is 25.1 Å². The first-order chi connectivity index (χ1) is 12.0. The Morgan fingerprint density at radius 2 is 2.12 bits per heavy atom. The second-order valence-corrected chi connectivity index (χ2v) is 5.57. The standard InChI is InChI=1S/C17H17F3N4O/c18-17(19,20)14-10-15(22-7-3-12-4-8-25-9-5-12)24-16(23-14)13-2-1-6-21-11-13/h1-2,4,6,10-11H,3,5,7-9H2,(H,22,23,24). The summed E-state index contributed by atoms with van der Waals surface area (Å²) in [6.07, 6.45) is 2.02. The third kappa shape index (κ3) is 4.76. The largest absolute Gasteiger partial charge is 0.433 e. The molecule has 1 aliphatic rings. The Morgan fingerprint density at radius 3 is 2.80 bits per heavy atom. The summed E-state index contributed by atoms with van der Waals surface area (Å²) in [6.45, 7) is 1.77. The van der Waals surface area contributed by atoms with E-state index in [0.29, 0.717) is 25.3 Å². The van der Waals surface area contributed by atoms with Crippen LogP contribution in [0.2, 0.25) is 0 Å². The first kappa shape index (κ1) is 17.3. The van der Waals surface area contributed by atoms with Gasteiger partial charge in [-0.3, -0.25) is 4.98 Å². The number of anilines is 1. The van der Waals surface area contributed by atoms with Crippen LogP contribution in [0.1, 0.15) is 18.5 Å². The van der Waals surface area contributed by atoms with Gasteiger partial charge in [-0.25, -0.2) is 9.97 Å². The number of nitrogens with zero attached hydrogens (tertiary/aromatic N) is 3. The number of hydrogen-bond donors (Lipinski definition) is 1.